The summed E-state index contributed by atoms with van der Waals surface area (Å²) in [6, 6.07) is 10.2. The van der Waals surface area contributed by atoms with Gasteiger partial charge in [-0.1, -0.05) is 35.3 Å². The van der Waals surface area contributed by atoms with E-state index in [9.17, 15) is 14.0 Å². The zero-order valence-corrected chi connectivity index (χ0v) is 14.4. The van der Waals surface area contributed by atoms with Gasteiger partial charge in [-0.05, 0) is 35.9 Å². The van der Waals surface area contributed by atoms with Gasteiger partial charge in [0.2, 0.25) is 5.91 Å². The van der Waals surface area contributed by atoms with Crippen molar-refractivity contribution in [2.24, 2.45) is 5.10 Å². The van der Waals surface area contributed by atoms with Gasteiger partial charge in [-0.25, -0.2) is 9.82 Å². The van der Waals surface area contributed by atoms with Crippen LogP contribution in [-0.2, 0) is 4.79 Å². The summed E-state index contributed by atoms with van der Waals surface area (Å²) < 4.78 is 12.7. The van der Waals surface area contributed by atoms with Crippen molar-refractivity contribution in [1.82, 2.24) is 10.7 Å². The predicted molar refractivity (Wildman–Crippen MR) is 95.5 cm³/mol. The fraction of sp³-hybridized carbons (Fsp3) is 0.118. The van der Waals surface area contributed by atoms with Gasteiger partial charge in [0, 0.05) is 18.5 Å². The van der Waals surface area contributed by atoms with Crippen LogP contribution in [-0.4, -0.2) is 24.6 Å². The number of hydrogen-bond donors (Lipinski definition) is 2. The standard InChI is InChI=1S/C17H14Cl2FN3O2/c18-14-6-3-12(9-15(14)19)17(25)21-8-7-16(24)23-22-10-11-1-4-13(20)5-2-11/h1-6,9-10H,7-8H2,(H,21,25)(H,23,24). The second kappa shape index (κ2) is 9.15. The summed E-state index contributed by atoms with van der Waals surface area (Å²) >= 11 is 11.6. The van der Waals surface area contributed by atoms with Crippen molar-refractivity contribution in [3.63, 3.8) is 0 Å². The largest absolute Gasteiger partial charge is 0.352 e. The quantitative estimate of drug-likeness (QED) is 0.594. The Hall–Kier alpha value is -2.44. The number of carbonyl (C=O) groups is 2. The Bertz CT molecular complexity index is 795. The summed E-state index contributed by atoms with van der Waals surface area (Å²) in [5.74, 6) is -1.08. The summed E-state index contributed by atoms with van der Waals surface area (Å²) in [6.07, 6.45) is 1.44. The highest BCUT2D eigenvalue weighted by Gasteiger charge is 2.08. The minimum Gasteiger partial charge on any atom is -0.352 e. The van der Waals surface area contributed by atoms with Crippen LogP contribution in [0, 0.1) is 5.82 Å². The van der Waals surface area contributed by atoms with Crippen LogP contribution < -0.4 is 10.7 Å². The van der Waals surface area contributed by atoms with Gasteiger partial charge in [-0.15, -0.1) is 0 Å². The van der Waals surface area contributed by atoms with Crippen molar-refractivity contribution in [2.75, 3.05) is 6.54 Å². The number of nitrogens with zero attached hydrogens (tertiary/aromatic N) is 1. The lowest BCUT2D eigenvalue weighted by atomic mass is 10.2. The molecule has 0 heterocycles. The van der Waals surface area contributed by atoms with Crippen LogP contribution in [0.5, 0.6) is 0 Å². The number of benzene rings is 2. The number of hydrogen-bond acceptors (Lipinski definition) is 3. The van der Waals surface area contributed by atoms with Crippen molar-refractivity contribution in [3.8, 4) is 0 Å². The Morgan fingerprint density at radius 3 is 2.48 bits per heavy atom. The van der Waals surface area contributed by atoms with E-state index >= 15 is 0 Å². The van der Waals surface area contributed by atoms with Crippen LogP contribution in [0.2, 0.25) is 10.0 Å². The molecule has 0 spiro atoms. The Morgan fingerprint density at radius 2 is 1.80 bits per heavy atom. The number of amides is 2. The molecule has 0 fully saturated rings. The fourth-order valence-corrected chi connectivity index (χ4v) is 2.11. The van der Waals surface area contributed by atoms with Crippen molar-refractivity contribution in [1.29, 1.82) is 0 Å². The molecular weight excluding hydrogens is 368 g/mol. The van der Waals surface area contributed by atoms with Gasteiger partial charge in [-0.2, -0.15) is 5.10 Å². The van der Waals surface area contributed by atoms with E-state index in [0.29, 0.717) is 16.1 Å². The summed E-state index contributed by atoms with van der Waals surface area (Å²) in [5, 5.41) is 6.99. The van der Waals surface area contributed by atoms with E-state index < -0.39 is 0 Å². The number of halogens is 3. The van der Waals surface area contributed by atoms with Gasteiger partial charge in [0.05, 0.1) is 16.3 Å². The summed E-state index contributed by atoms with van der Waals surface area (Å²) in [7, 11) is 0. The lowest BCUT2D eigenvalue weighted by Gasteiger charge is -2.05. The molecule has 0 saturated heterocycles. The van der Waals surface area contributed by atoms with E-state index in [2.05, 4.69) is 15.8 Å². The molecule has 2 amide bonds. The first kappa shape index (κ1) is 18.9. The first-order chi connectivity index (χ1) is 12.0. The highest BCUT2D eigenvalue weighted by atomic mass is 35.5. The Labute approximate surface area is 153 Å². The predicted octanol–water partition coefficient (Wildman–Crippen LogP) is 3.40. The number of nitrogens with one attached hydrogen (secondary N) is 2. The fourth-order valence-electron chi connectivity index (χ4n) is 1.81. The lowest BCUT2D eigenvalue weighted by Crippen LogP contribution is -2.29. The van der Waals surface area contributed by atoms with Gasteiger partial charge in [0.1, 0.15) is 5.82 Å². The van der Waals surface area contributed by atoms with E-state index in [-0.39, 0.29) is 35.6 Å². The average Bonchev–Trinajstić information content (AvgIpc) is 2.59. The molecule has 5 nitrogen and oxygen atoms in total. The topological polar surface area (TPSA) is 70.6 Å². The molecule has 130 valence electrons. The van der Waals surface area contributed by atoms with E-state index in [1.165, 1.54) is 48.7 Å². The summed E-state index contributed by atoms with van der Waals surface area (Å²) in [6.45, 7) is 0.136. The SMILES string of the molecule is O=C(CCNC(=O)c1ccc(Cl)c(Cl)c1)NN=Cc1ccc(F)cc1. The van der Waals surface area contributed by atoms with Crippen LogP contribution >= 0.6 is 23.2 Å². The van der Waals surface area contributed by atoms with Crippen LogP contribution in [0.1, 0.15) is 22.3 Å². The summed E-state index contributed by atoms with van der Waals surface area (Å²) in [5.41, 5.74) is 3.32. The molecule has 8 heteroatoms. The normalized spacial score (nSPS) is 10.7. The maximum atomic E-state index is 12.7. The average molecular weight is 382 g/mol. The Kier molecular flexibility index (Phi) is 6.91. The molecule has 25 heavy (non-hydrogen) atoms. The van der Waals surface area contributed by atoms with Gasteiger partial charge >= 0.3 is 0 Å². The molecule has 0 saturated carbocycles. The molecule has 0 aliphatic carbocycles. The van der Waals surface area contributed by atoms with Crippen molar-refractivity contribution >= 4 is 41.2 Å². The Balaban J connectivity index is 1.73. The van der Waals surface area contributed by atoms with E-state index in [0.717, 1.165) is 0 Å². The zero-order valence-electron chi connectivity index (χ0n) is 12.9. The molecular formula is C17H14Cl2FN3O2. The maximum absolute atomic E-state index is 12.7. The van der Waals surface area contributed by atoms with Gasteiger partial charge in [0.25, 0.3) is 5.91 Å². The number of carbonyl (C=O) groups excluding carboxylic acids is 2. The minimum absolute atomic E-state index is 0.0494. The molecule has 2 rings (SSSR count). The Morgan fingerprint density at radius 1 is 1.08 bits per heavy atom. The maximum Gasteiger partial charge on any atom is 0.251 e. The third-order valence-electron chi connectivity index (χ3n) is 3.09. The second-order valence-corrected chi connectivity index (χ2v) is 5.79. The first-order valence-electron chi connectivity index (χ1n) is 7.26. The van der Waals surface area contributed by atoms with Crippen molar-refractivity contribution in [2.45, 2.75) is 6.42 Å². The molecule has 2 aromatic rings. The molecule has 0 aromatic heterocycles. The molecule has 0 radical (unpaired) electrons. The third kappa shape index (κ3) is 6.17. The summed E-state index contributed by atoms with van der Waals surface area (Å²) in [4.78, 5) is 23.5. The number of hydrazone groups is 1. The number of rotatable bonds is 6. The lowest BCUT2D eigenvalue weighted by molar-refractivity contribution is -0.120. The van der Waals surface area contributed by atoms with Crippen LogP contribution in [0.25, 0.3) is 0 Å². The van der Waals surface area contributed by atoms with Crippen LogP contribution in [0.4, 0.5) is 4.39 Å². The molecule has 2 N–H and O–H groups in total. The molecule has 0 aliphatic heterocycles. The monoisotopic (exact) mass is 381 g/mol. The molecule has 2 aromatic carbocycles. The molecule has 0 bridgehead atoms. The van der Waals surface area contributed by atoms with Crippen LogP contribution in [0.3, 0.4) is 0 Å². The third-order valence-corrected chi connectivity index (χ3v) is 3.83. The van der Waals surface area contributed by atoms with E-state index in [4.69, 9.17) is 23.2 Å². The van der Waals surface area contributed by atoms with Crippen molar-refractivity contribution in [3.05, 3.63) is 69.5 Å². The van der Waals surface area contributed by atoms with E-state index in [1.807, 2.05) is 0 Å². The highest BCUT2D eigenvalue weighted by Crippen LogP contribution is 2.22. The molecule has 0 aliphatic rings. The molecule has 0 unspecified atom stereocenters. The molecule has 0 atom stereocenters. The zero-order chi connectivity index (χ0) is 18.2. The van der Waals surface area contributed by atoms with Gasteiger partial charge in [-0.3, -0.25) is 9.59 Å². The highest BCUT2D eigenvalue weighted by molar-refractivity contribution is 6.42. The second-order valence-electron chi connectivity index (χ2n) is 4.98. The minimum atomic E-state index is -0.368. The van der Waals surface area contributed by atoms with Gasteiger partial charge in [0.15, 0.2) is 0 Å². The van der Waals surface area contributed by atoms with Crippen LogP contribution in [0.15, 0.2) is 47.6 Å². The smallest absolute Gasteiger partial charge is 0.251 e. The van der Waals surface area contributed by atoms with Gasteiger partial charge < -0.3 is 5.32 Å². The van der Waals surface area contributed by atoms with E-state index in [1.54, 1.807) is 0 Å². The first-order valence-corrected chi connectivity index (χ1v) is 8.02. The van der Waals surface area contributed by atoms with Crippen molar-refractivity contribution < 1.29 is 14.0 Å².